The van der Waals surface area contributed by atoms with Crippen LogP contribution in [0.3, 0.4) is 0 Å². The lowest BCUT2D eigenvalue weighted by molar-refractivity contribution is -0.155. The van der Waals surface area contributed by atoms with Crippen LogP contribution >= 0.6 is 0 Å². The summed E-state index contributed by atoms with van der Waals surface area (Å²) in [5.41, 5.74) is 0.482. The van der Waals surface area contributed by atoms with Gasteiger partial charge in [-0.15, -0.1) is 0 Å². The van der Waals surface area contributed by atoms with Crippen molar-refractivity contribution in [2.24, 2.45) is 5.92 Å². The van der Waals surface area contributed by atoms with E-state index in [-0.39, 0.29) is 29.9 Å². The highest BCUT2D eigenvalue weighted by molar-refractivity contribution is 5.92. The fourth-order valence-corrected chi connectivity index (χ4v) is 4.59. The second-order valence-electron chi connectivity index (χ2n) is 7.57. The number of carbonyl (C=O) groups is 2. The summed E-state index contributed by atoms with van der Waals surface area (Å²) in [6.07, 6.45) is 7.88. The van der Waals surface area contributed by atoms with E-state index in [1.165, 1.54) is 12.8 Å². The number of hydrogen-bond acceptors (Lipinski definition) is 4. The van der Waals surface area contributed by atoms with Gasteiger partial charge in [0.2, 0.25) is 5.91 Å². The number of aromatic nitrogens is 1. The maximum absolute atomic E-state index is 13.1. The summed E-state index contributed by atoms with van der Waals surface area (Å²) in [6, 6.07) is 5.65. The Hall–Kier alpha value is -1.95. The second-order valence-corrected chi connectivity index (χ2v) is 7.57. The standard InChI is InChI=1S/C20H27N3O3/c24-19(23-13-14-26-18-7-2-1-6-17(18)23)15-8-11-22(12-9-15)20(25)16-5-3-4-10-21-16/h3-5,10,15,17-18H,1-2,6-9,11-14H2/t17-,18-/m1/s1. The Morgan fingerprint density at radius 1 is 1.04 bits per heavy atom. The molecule has 0 unspecified atom stereocenters. The lowest BCUT2D eigenvalue weighted by Gasteiger charge is -2.45. The zero-order chi connectivity index (χ0) is 17.9. The summed E-state index contributed by atoms with van der Waals surface area (Å²) in [7, 11) is 0. The molecule has 1 aromatic rings. The topological polar surface area (TPSA) is 62.7 Å². The van der Waals surface area contributed by atoms with Gasteiger partial charge in [-0.3, -0.25) is 14.6 Å². The smallest absolute Gasteiger partial charge is 0.272 e. The summed E-state index contributed by atoms with van der Waals surface area (Å²) in [5, 5.41) is 0. The van der Waals surface area contributed by atoms with E-state index in [1.54, 1.807) is 12.3 Å². The molecule has 2 saturated heterocycles. The van der Waals surface area contributed by atoms with Crippen molar-refractivity contribution in [2.45, 2.75) is 50.7 Å². The van der Waals surface area contributed by atoms with E-state index in [1.807, 2.05) is 17.0 Å². The lowest BCUT2D eigenvalue weighted by atomic mass is 9.88. The highest BCUT2D eigenvalue weighted by atomic mass is 16.5. The first kappa shape index (κ1) is 17.5. The third-order valence-electron chi connectivity index (χ3n) is 6.03. The van der Waals surface area contributed by atoms with Gasteiger partial charge in [0.25, 0.3) is 5.91 Å². The highest BCUT2D eigenvalue weighted by Crippen LogP contribution is 2.31. The fourth-order valence-electron chi connectivity index (χ4n) is 4.59. The third-order valence-corrected chi connectivity index (χ3v) is 6.03. The van der Waals surface area contributed by atoms with Crippen LogP contribution in [0, 0.1) is 5.92 Å². The molecule has 6 nitrogen and oxygen atoms in total. The monoisotopic (exact) mass is 357 g/mol. The van der Waals surface area contributed by atoms with Gasteiger partial charge in [0.1, 0.15) is 5.69 Å². The SMILES string of the molecule is O=C(c1ccccn1)N1CCC(C(=O)N2CCO[C@@H]3CCCC[C@H]32)CC1. The van der Waals surface area contributed by atoms with Crippen LogP contribution in [0.5, 0.6) is 0 Å². The van der Waals surface area contributed by atoms with Crippen molar-refractivity contribution in [1.29, 1.82) is 0 Å². The lowest BCUT2D eigenvalue weighted by Crippen LogP contribution is -2.57. The molecule has 26 heavy (non-hydrogen) atoms. The van der Waals surface area contributed by atoms with Gasteiger partial charge in [0.15, 0.2) is 0 Å². The molecule has 0 N–H and O–H groups in total. The van der Waals surface area contributed by atoms with Crippen molar-refractivity contribution in [2.75, 3.05) is 26.2 Å². The van der Waals surface area contributed by atoms with Crippen LogP contribution < -0.4 is 0 Å². The molecule has 0 aromatic carbocycles. The predicted molar refractivity (Wildman–Crippen MR) is 96.6 cm³/mol. The Bertz CT molecular complexity index is 641. The van der Waals surface area contributed by atoms with Crippen LogP contribution in [0.1, 0.15) is 49.0 Å². The highest BCUT2D eigenvalue weighted by Gasteiger charge is 2.39. The van der Waals surface area contributed by atoms with Gasteiger partial charge < -0.3 is 14.5 Å². The summed E-state index contributed by atoms with van der Waals surface area (Å²) in [4.78, 5) is 33.7. The molecule has 3 heterocycles. The van der Waals surface area contributed by atoms with Gasteiger partial charge in [0, 0.05) is 31.7 Å². The molecule has 3 fully saturated rings. The number of ether oxygens (including phenoxy) is 1. The molecule has 2 amide bonds. The Morgan fingerprint density at radius 2 is 1.85 bits per heavy atom. The van der Waals surface area contributed by atoms with E-state index in [0.29, 0.717) is 31.9 Å². The number of piperidine rings is 1. The number of hydrogen-bond donors (Lipinski definition) is 0. The molecule has 2 atom stereocenters. The van der Waals surface area contributed by atoms with Crippen LogP contribution in [-0.4, -0.2) is 65.0 Å². The van der Waals surface area contributed by atoms with Crippen LogP contribution in [0.15, 0.2) is 24.4 Å². The van der Waals surface area contributed by atoms with E-state index >= 15 is 0 Å². The Kier molecular flexibility index (Phi) is 5.20. The van der Waals surface area contributed by atoms with E-state index < -0.39 is 0 Å². The van der Waals surface area contributed by atoms with Crippen molar-refractivity contribution in [1.82, 2.24) is 14.8 Å². The first-order valence-electron chi connectivity index (χ1n) is 9.86. The van der Waals surface area contributed by atoms with Crippen molar-refractivity contribution in [3.63, 3.8) is 0 Å². The molecule has 4 rings (SSSR count). The predicted octanol–water partition coefficient (Wildman–Crippen LogP) is 2.10. The maximum Gasteiger partial charge on any atom is 0.272 e. The van der Waals surface area contributed by atoms with Gasteiger partial charge in [-0.2, -0.15) is 0 Å². The zero-order valence-electron chi connectivity index (χ0n) is 15.2. The number of morpholine rings is 1. The number of rotatable bonds is 2. The Labute approximate surface area is 154 Å². The van der Waals surface area contributed by atoms with Crippen LogP contribution in [0.2, 0.25) is 0 Å². The van der Waals surface area contributed by atoms with Gasteiger partial charge >= 0.3 is 0 Å². The minimum atomic E-state index is -0.0322. The minimum Gasteiger partial charge on any atom is -0.374 e. The number of likely N-dealkylation sites (tertiary alicyclic amines) is 1. The molecule has 6 heteroatoms. The molecular weight excluding hydrogens is 330 g/mol. The van der Waals surface area contributed by atoms with E-state index in [4.69, 9.17) is 4.74 Å². The average molecular weight is 357 g/mol. The largest absolute Gasteiger partial charge is 0.374 e. The second kappa shape index (κ2) is 7.74. The van der Waals surface area contributed by atoms with Crippen LogP contribution in [0.4, 0.5) is 0 Å². The molecule has 1 aromatic heterocycles. The van der Waals surface area contributed by atoms with E-state index in [0.717, 1.165) is 25.7 Å². The molecule has 1 aliphatic carbocycles. The number of pyridine rings is 1. The summed E-state index contributed by atoms with van der Waals surface area (Å²) in [5.74, 6) is 0.272. The minimum absolute atomic E-state index is 0.0310. The summed E-state index contributed by atoms with van der Waals surface area (Å²) < 4.78 is 5.89. The number of amides is 2. The Balaban J connectivity index is 1.35. The van der Waals surface area contributed by atoms with Gasteiger partial charge in [-0.05, 0) is 37.8 Å². The van der Waals surface area contributed by atoms with Crippen molar-refractivity contribution in [3.8, 4) is 0 Å². The number of fused-ring (bicyclic) bond motifs is 1. The number of carbonyl (C=O) groups excluding carboxylic acids is 2. The molecule has 0 radical (unpaired) electrons. The van der Waals surface area contributed by atoms with Gasteiger partial charge in [0.05, 0.1) is 18.8 Å². The van der Waals surface area contributed by atoms with Crippen LogP contribution in [-0.2, 0) is 9.53 Å². The normalized spacial score (nSPS) is 27.1. The van der Waals surface area contributed by atoms with Crippen molar-refractivity contribution >= 4 is 11.8 Å². The molecule has 2 aliphatic heterocycles. The molecule has 140 valence electrons. The first-order chi connectivity index (χ1) is 12.7. The average Bonchev–Trinajstić information content (AvgIpc) is 2.73. The summed E-state index contributed by atoms with van der Waals surface area (Å²) >= 11 is 0. The zero-order valence-corrected chi connectivity index (χ0v) is 15.2. The van der Waals surface area contributed by atoms with Crippen molar-refractivity contribution in [3.05, 3.63) is 30.1 Å². The molecule has 3 aliphatic rings. The van der Waals surface area contributed by atoms with E-state index in [2.05, 4.69) is 9.88 Å². The first-order valence-corrected chi connectivity index (χ1v) is 9.86. The van der Waals surface area contributed by atoms with Crippen LogP contribution in [0.25, 0.3) is 0 Å². The molecular formula is C20H27N3O3. The maximum atomic E-state index is 13.1. The van der Waals surface area contributed by atoms with E-state index in [9.17, 15) is 9.59 Å². The Morgan fingerprint density at radius 3 is 2.62 bits per heavy atom. The van der Waals surface area contributed by atoms with Gasteiger partial charge in [-0.25, -0.2) is 0 Å². The third kappa shape index (κ3) is 3.47. The molecule has 1 saturated carbocycles. The molecule has 0 spiro atoms. The van der Waals surface area contributed by atoms with Crippen molar-refractivity contribution < 1.29 is 14.3 Å². The van der Waals surface area contributed by atoms with Gasteiger partial charge in [-0.1, -0.05) is 18.9 Å². The summed E-state index contributed by atoms with van der Waals surface area (Å²) in [6.45, 7) is 2.63. The fraction of sp³-hybridized carbons (Fsp3) is 0.650. The number of nitrogens with zero attached hydrogens (tertiary/aromatic N) is 3. The quantitative estimate of drug-likeness (QED) is 0.813. The molecule has 0 bridgehead atoms.